The van der Waals surface area contributed by atoms with E-state index in [2.05, 4.69) is 24.0 Å². The van der Waals surface area contributed by atoms with E-state index in [0.29, 0.717) is 24.4 Å². The number of ether oxygens (including phenoxy) is 1. The molecule has 1 N–H and O–H groups in total. The van der Waals surface area contributed by atoms with Gasteiger partial charge in [0.25, 0.3) is 5.91 Å². The molecule has 1 aliphatic heterocycles. The van der Waals surface area contributed by atoms with Crippen molar-refractivity contribution in [2.24, 2.45) is 0 Å². The average Bonchev–Trinajstić information content (AvgIpc) is 2.62. The number of carbonyl (C=O) groups excluding carboxylic acids is 1. The maximum atomic E-state index is 12.7. The number of para-hydroxylation sites is 1. The number of phenolic OH excluding ortho intramolecular Hbond substituents is 1. The lowest BCUT2D eigenvalue weighted by atomic mass is 10.1. The molecule has 1 heterocycles. The zero-order chi connectivity index (χ0) is 17.1. The van der Waals surface area contributed by atoms with Gasteiger partial charge in [-0.3, -0.25) is 4.79 Å². The number of carbonyl (C=O) groups is 1. The first kappa shape index (κ1) is 16.2. The molecule has 5 heteroatoms. The molecule has 3 rings (SSSR count). The summed E-state index contributed by atoms with van der Waals surface area (Å²) in [5.41, 5.74) is 2.75. The number of hydrogen-bond donors (Lipinski definition) is 1. The Labute approximate surface area is 142 Å². The number of aryl methyl sites for hydroxylation is 1. The summed E-state index contributed by atoms with van der Waals surface area (Å²) in [6.45, 7) is 4.91. The van der Waals surface area contributed by atoms with Gasteiger partial charge in [0.2, 0.25) is 0 Å². The molecule has 5 nitrogen and oxygen atoms in total. The molecule has 126 valence electrons. The quantitative estimate of drug-likeness (QED) is 0.942. The number of aromatic hydroxyl groups is 1. The van der Waals surface area contributed by atoms with Gasteiger partial charge < -0.3 is 19.6 Å². The lowest BCUT2D eigenvalue weighted by Crippen LogP contribution is -2.49. The van der Waals surface area contributed by atoms with Crippen LogP contribution in [0.15, 0.2) is 42.5 Å². The summed E-state index contributed by atoms with van der Waals surface area (Å²) in [7, 11) is 1.54. The van der Waals surface area contributed by atoms with Crippen molar-refractivity contribution in [2.45, 2.75) is 6.92 Å². The molecule has 0 saturated carbocycles. The minimum absolute atomic E-state index is 0.0119. The summed E-state index contributed by atoms with van der Waals surface area (Å²) < 4.78 is 5.15. The lowest BCUT2D eigenvalue weighted by molar-refractivity contribution is 0.0743. The molecule has 0 unspecified atom stereocenters. The van der Waals surface area contributed by atoms with Gasteiger partial charge in [-0.05, 0) is 36.8 Å². The molecule has 0 bridgehead atoms. The van der Waals surface area contributed by atoms with E-state index >= 15 is 0 Å². The first-order chi connectivity index (χ1) is 11.6. The largest absolute Gasteiger partial charge is 0.507 e. The third-order valence-electron chi connectivity index (χ3n) is 4.46. The first-order valence-electron chi connectivity index (χ1n) is 8.07. The highest BCUT2D eigenvalue weighted by molar-refractivity contribution is 5.97. The minimum atomic E-state index is -0.157. The van der Waals surface area contributed by atoms with Crippen LogP contribution in [0.25, 0.3) is 0 Å². The third-order valence-corrected chi connectivity index (χ3v) is 4.46. The lowest BCUT2D eigenvalue weighted by Gasteiger charge is -2.37. The van der Waals surface area contributed by atoms with E-state index in [-0.39, 0.29) is 11.7 Å². The molecule has 2 aromatic carbocycles. The summed E-state index contributed by atoms with van der Waals surface area (Å²) in [4.78, 5) is 16.8. The summed E-state index contributed by atoms with van der Waals surface area (Å²) in [5, 5.41) is 9.98. The van der Waals surface area contributed by atoms with Gasteiger partial charge in [-0.25, -0.2) is 0 Å². The van der Waals surface area contributed by atoms with Crippen LogP contribution in [-0.4, -0.2) is 49.2 Å². The Balaban J connectivity index is 1.71. The molecule has 24 heavy (non-hydrogen) atoms. The molecule has 1 fully saturated rings. The number of methoxy groups -OCH3 is 1. The fraction of sp³-hybridized carbons (Fsp3) is 0.316. The molecule has 0 atom stereocenters. The maximum Gasteiger partial charge on any atom is 0.257 e. The van der Waals surface area contributed by atoms with Gasteiger partial charge in [0, 0.05) is 31.9 Å². The average molecular weight is 326 g/mol. The molecular formula is C19H22N2O3. The van der Waals surface area contributed by atoms with Crippen LogP contribution >= 0.6 is 0 Å². The number of anilines is 1. The van der Waals surface area contributed by atoms with Crippen LogP contribution in [0, 0.1) is 6.92 Å². The van der Waals surface area contributed by atoms with Crippen molar-refractivity contribution in [1.82, 2.24) is 4.90 Å². The second-order valence-corrected chi connectivity index (χ2v) is 5.95. The summed E-state index contributed by atoms with van der Waals surface area (Å²) in [6, 6.07) is 13.0. The maximum absolute atomic E-state index is 12.7. The molecule has 0 aliphatic carbocycles. The summed E-state index contributed by atoms with van der Waals surface area (Å²) in [6.07, 6.45) is 0. The van der Waals surface area contributed by atoms with Gasteiger partial charge in [0.1, 0.15) is 11.5 Å². The van der Waals surface area contributed by atoms with Crippen LogP contribution in [0.1, 0.15) is 15.9 Å². The van der Waals surface area contributed by atoms with Gasteiger partial charge in [0.05, 0.1) is 12.7 Å². The number of piperazine rings is 1. The van der Waals surface area contributed by atoms with Crippen LogP contribution < -0.4 is 9.64 Å². The fourth-order valence-corrected chi connectivity index (χ4v) is 3.05. The number of benzene rings is 2. The third kappa shape index (κ3) is 3.15. The SMILES string of the molecule is COc1ccc(O)c(C(=O)N2CCN(c3ccccc3C)CC2)c1. The predicted molar refractivity (Wildman–Crippen MR) is 94.0 cm³/mol. The van der Waals surface area contributed by atoms with Gasteiger partial charge in [-0.1, -0.05) is 18.2 Å². The van der Waals surface area contributed by atoms with Crippen molar-refractivity contribution in [3.8, 4) is 11.5 Å². The zero-order valence-corrected chi connectivity index (χ0v) is 14.0. The van der Waals surface area contributed by atoms with E-state index in [1.54, 1.807) is 24.1 Å². The summed E-state index contributed by atoms with van der Waals surface area (Å²) >= 11 is 0. The van der Waals surface area contributed by atoms with E-state index < -0.39 is 0 Å². The van der Waals surface area contributed by atoms with Crippen molar-refractivity contribution in [3.63, 3.8) is 0 Å². The number of nitrogens with zero attached hydrogens (tertiary/aromatic N) is 2. The van der Waals surface area contributed by atoms with Crippen LogP contribution in [0.3, 0.4) is 0 Å². The van der Waals surface area contributed by atoms with Crippen LogP contribution in [-0.2, 0) is 0 Å². The molecule has 0 spiro atoms. The Morgan fingerprint density at radius 3 is 2.46 bits per heavy atom. The summed E-state index contributed by atoms with van der Waals surface area (Å²) in [5.74, 6) is 0.396. The molecule has 0 aromatic heterocycles. The van der Waals surface area contributed by atoms with Crippen LogP contribution in [0.2, 0.25) is 0 Å². The highest BCUT2D eigenvalue weighted by Gasteiger charge is 2.24. The van der Waals surface area contributed by atoms with Gasteiger partial charge in [-0.15, -0.1) is 0 Å². The zero-order valence-electron chi connectivity index (χ0n) is 14.0. The Morgan fingerprint density at radius 2 is 1.79 bits per heavy atom. The molecule has 0 radical (unpaired) electrons. The van der Waals surface area contributed by atoms with E-state index in [9.17, 15) is 9.90 Å². The normalized spacial score (nSPS) is 14.6. The Bertz CT molecular complexity index is 737. The number of rotatable bonds is 3. The molecule has 2 aromatic rings. The van der Waals surface area contributed by atoms with Crippen molar-refractivity contribution in [2.75, 3.05) is 38.2 Å². The fourth-order valence-electron chi connectivity index (χ4n) is 3.05. The monoisotopic (exact) mass is 326 g/mol. The van der Waals surface area contributed by atoms with E-state index in [1.165, 1.54) is 17.3 Å². The topological polar surface area (TPSA) is 53.0 Å². The Kier molecular flexibility index (Phi) is 4.60. The van der Waals surface area contributed by atoms with Gasteiger partial charge >= 0.3 is 0 Å². The molecular weight excluding hydrogens is 304 g/mol. The van der Waals surface area contributed by atoms with E-state index in [1.807, 2.05) is 12.1 Å². The molecule has 1 saturated heterocycles. The molecule has 1 amide bonds. The predicted octanol–water partition coefficient (Wildman–Crippen LogP) is 2.67. The highest BCUT2D eigenvalue weighted by atomic mass is 16.5. The Hall–Kier alpha value is -2.69. The van der Waals surface area contributed by atoms with Crippen LogP contribution in [0.4, 0.5) is 5.69 Å². The second-order valence-electron chi connectivity index (χ2n) is 5.95. The number of amides is 1. The van der Waals surface area contributed by atoms with Crippen molar-refractivity contribution < 1.29 is 14.6 Å². The van der Waals surface area contributed by atoms with E-state index in [4.69, 9.17) is 4.74 Å². The van der Waals surface area contributed by atoms with Crippen molar-refractivity contribution >= 4 is 11.6 Å². The first-order valence-corrected chi connectivity index (χ1v) is 8.07. The Morgan fingerprint density at radius 1 is 1.08 bits per heavy atom. The minimum Gasteiger partial charge on any atom is -0.507 e. The molecule has 1 aliphatic rings. The van der Waals surface area contributed by atoms with E-state index in [0.717, 1.165) is 13.1 Å². The van der Waals surface area contributed by atoms with Crippen molar-refractivity contribution in [3.05, 3.63) is 53.6 Å². The second kappa shape index (κ2) is 6.83. The van der Waals surface area contributed by atoms with Crippen LogP contribution in [0.5, 0.6) is 11.5 Å². The number of phenols is 1. The standard InChI is InChI=1S/C19H22N2O3/c1-14-5-3-4-6-17(14)20-9-11-21(12-10-20)19(23)16-13-15(24-2)7-8-18(16)22/h3-8,13,22H,9-12H2,1-2H3. The highest BCUT2D eigenvalue weighted by Crippen LogP contribution is 2.26. The van der Waals surface area contributed by atoms with Gasteiger partial charge in [0.15, 0.2) is 0 Å². The smallest absolute Gasteiger partial charge is 0.257 e. The van der Waals surface area contributed by atoms with Crippen molar-refractivity contribution in [1.29, 1.82) is 0 Å². The van der Waals surface area contributed by atoms with Gasteiger partial charge in [-0.2, -0.15) is 0 Å². The number of hydrogen-bond acceptors (Lipinski definition) is 4.